The van der Waals surface area contributed by atoms with E-state index in [2.05, 4.69) is 6.07 Å². The number of carbonyl (C=O) groups excluding carboxylic acids is 1. The number of fused-ring (bicyclic) bond motifs is 1. The smallest absolute Gasteiger partial charge is 0.327 e. The maximum absolute atomic E-state index is 12.1. The fourth-order valence-corrected chi connectivity index (χ4v) is 2.54. The Morgan fingerprint density at radius 2 is 1.75 bits per heavy atom. The zero-order valence-corrected chi connectivity index (χ0v) is 11.9. The molecule has 0 aliphatic heterocycles. The first-order valence-corrected chi connectivity index (χ1v) is 6.42. The summed E-state index contributed by atoms with van der Waals surface area (Å²) in [6.45, 7) is 2.00. The number of ether oxygens (including phenoxy) is 3. The minimum atomic E-state index is -1.13. The summed E-state index contributed by atoms with van der Waals surface area (Å²) in [5, 5.41) is 9.43. The van der Waals surface area contributed by atoms with Crippen molar-refractivity contribution in [3.63, 3.8) is 0 Å². The van der Waals surface area contributed by atoms with E-state index in [1.165, 1.54) is 0 Å². The topological polar surface area (TPSA) is 68.6 Å². The minimum absolute atomic E-state index is 0.269. The fourth-order valence-electron chi connectivity index (χ4n) is 2.54. The number of esters is 1. The van der Waals surface area contributed by atoms with Crippen LogP contribution in [0.5, 0.6) is 11.5 Å². The summed E-state index contributed by atoms with van der Waals surface area (Å²) in [7, 11) is 3.12. The van der Waals surface area contributed by atoms with Crippen LogP contribution in [0.15, 0.2) is 12.1 Å². The van der Waals surface area contributed by atoms with E-state index in [0.29, 0.717) is 24.3 Å². The van der Waals surface area contributed by atoms with E-state index in [0.717, 1.165) is 11.1 Å². The van der Waals surface area contributed by atoms with Crippen molar-refractivity contribution in [3.8, 4) is 17.6 Å². The van der Waals surface area contributed by atoms with Crippen molar-refractivity contribution in [2.24, 2.45) is 5.41 Å². The number of hydrogen-bond acceptors (Lipinski definition) is 5. The van der Waals surface area contributed by atoms with Crippen molar-refractivity contribution in [2.45, 2.75) is 19.8 Å². The van der Waals surface area contributed by atoms with Crippen LogP contribution in [0.1, 0.15) is 18.1 Å². The van der Waals surface area contributed by atoms with Gasteiger partial charge in [-0.1, -0.05) is 0 Å². The molecule has 0 saturated heterocycles. The van der Waals surface area contributed by atoms with Gasteiger partial charge in [0.1, 0.15) is 0 Å². The predicted octanol–water partition coefficient (Wildman–Crippen LogP) is 1.88. The molecule has 0 N–H and O–H groups in total. The quantitative estimate of drug-likeness (QED) is 0.785. The summed E-state index contributed by atoms with van der Waals surface area (Å²) in [6.07, 6.45) is 0.691. The van der Waals surface area contributed by atoms with Gasteiger partial charge in [0.15, 0.2) is 16.9 Å². The number of methoxy groups -OCH3 is 2. The highest BCUT2D eigenvalue weighted by molar-refractivity contribution is 5.82. The van der Waals surface area contributed by atoms with E-state index in [-0.39, 0.29) is 6.61 Å². The molecule has 1 aromatic carbocycles. The second-order valence-electron chi connectivity index (χ2n) is 4.74. The maximum atomic E-state index is 12.1. The van der Waals surface area contributed by atoms with E-state index in [4.69, 9.17) is 14.2 Å². The second kappa shape index (κ2) is 5.41. The zero-order chi connectivity index (χ0) is 14.8. The second-order valence-corrected chi connectivity index (χ2v) is 4.74. The molecule has 5 nitrogen and oxygen atoms in total. The maximum Gasteiger partial charge on any atom is 0.327 e. The highest BCUT2D eigenvalue weighted by Gasteiger charge is 2.46. The van der Waals surface area contributed by atoms with Crippen LogP contribution in [0, 0.1) is 16.7 Å². The van der Waals surface area contributed by atoms with Crippen molar-refractivity contribution < 1.29 is 19.0 Å². The summed E-state index contributed by atoms with van der Waals surface area (Å²) in [6, 6.07) is 5.78. The Balaban J connectivity index is 2.39. The molecule has 0 spiro atoms. The molecule has 20 heavy (non-hydrogen) atoms. The van der Waals surface area contributed by atoms with Gasteiger partial charge in [-0.2, -0.15) is 5.26 Å². The van der Waals surface area contributed by atoms with Crippen LogP contribution in [0.3, 0.4) is 0 Å². The average molecular weight is 275 g/mol. The third-order valence-electron chi connectivity index (χ3n) is 3.57. The third kappa shape index (κ3) is 2.18. The molecule has 0 amide bonds. The van der Waals surface area contributed by atoms with Crippen LogP contribution in [0.2, 0.25) is 0 Å². The predicted molar refractivity (Wildman–Crippen MR) is 71.6 cm³/mol. The molecule has 0 fully saturated rings. The molecule has 5 heteroatoms. The Morgan fingerprint density at radius 3 is 2.10 bits per heavy atom. The summed E-state index contributed by atoms with van der Waals surface area (Å²) < 4.78 is 15.5. The molecule has 0 aromatic heterocycles. The van der Waals surface area contributed by atoms with Crippen molar-refractivity contribution >= 4 is 5.97 Å². The van der Waals surface area contributed by atoms with Crippen LogP contribution in [0.25, 0.3) is 0 Å². The normalized spacial score (nSPS) is 15.1. The van der Waals surface area contributed by atoms with E-state index in [1.807, 2.05) is 12.1 Å². The number of rotatable bonds is 4. The van der Waals surface area contributed by atoms with Gasteiger partial charge in [-0.3, -0.25) is 4.79 Å². The van der Waals surface area contributed by atoms with Crippen LogP contribution in [-0.4, -0.2) is 26.8 Å². The molecule has 1 aromatic rings. The van der Waals surface area contributed by atoms with Gasteiger partial charge in [-0.05, 0) is 30.2 Å². The lowest BCUT2D eigenvalue weighted by Crippen LogP contribution is -2.32. The van der Waals surface area contributed by atoms with Gasteiger partial charge < -0.3 is 14.2 Å². The number of hydrogen-bond donors (Lipinski definition) is 0. The van der Waals surface area contributed by atoms with Crippen LogP contribution < -0.4 is 9.47 Å². The van der Waals surface area contributed by atoms with Gasteiger partial charge in [0.05, 0.1) is 26.9 Å². The lowest BCUT2D eigenvalue weighted by atomic mass is 9.86. The number of nitrogens with zero attached hydrogens (tertiary/aromatic N) is 1. The first-order valence-electron chi connectivity index (χ1n) is 6.42. The monoisotopic (exact) mass is 275 g/mol. The molecule has 106 valence electrons. The molecule has 0 heterocycles. The van der Waals surface area contributed by atoms with Gasteiger partial charge in [0.25, 0.3) is 0 Å². The molecule has 0 bridgehead atoms. The number of nitriles is 1. The highest BCUT2D eigenvalue weighted by Crippen LogP contribution is 2.42. The first kappa shape index (κ1) is 14.2. The summed E-state index contributed by atoms with van der Waals surface area (Å²) in [5.41, 5.74) is 0.727. The van der Waals surface area contributed by atoms with Crippen LogP contribution in [0.4, 0.5) is 0 Å². The van der Waals surface area contributed by atoms with Gasteiger partial charge >= 0.3 is 5.97 Å². The standard InChI is InChI=1S/C15H17NO4/c1-4-20-14(17)15(9-16)7-10-5-12(18-2)13(19-3)6-11(10)8-15/h5-6H,4,7-8H2,1-3H3. The Kier molecular flexibility index (Phi) is 3.84. The highest BCUT2D eigenvalue weighted by atomic mass is 16.5. The lowest BCUT2D eigenvalue weighted by Gasteiger charge is -2.17. The summed E-state index contributed by atoms with van der Waals surface area (Å²) in [4.78, 5) is 12.1. The lowest BCUT2D eigenvalue weighted by molar-refractivity contribution is -0.151. The minimum Gasteiger partial charge on any atom is -0.493 e. The Morgan fingerprint density at radius 1 is 1.25 bits per heavy atom. The van der Waals surface area contributed by atoms with Gasteiger partial charge in [-0.25, -0.2) is 0 Å². The molecular weight excluding hydrogens is 258 g/mol. The van der Waals surface area contributed by atoms with Crippen molar-refractivity contribution in [2.75, 3.05) is 20.8 Å². The summed E-state index contributed by atoms with van der Waals surface area (Å²) >= 11 is 0. The number of carbonyl (C=O) groups is 1. The van der Waals surface area contributed by atoms with Crippen molar-refractivity contribution in [1.82, 2.24) is 0 Å². The Bertz CT molecular complexity index is 541. The fraction of sp³-hybridized carbons (Fsp3) is 0.467. The molecule has 1 aliphatic rings. The third-order valence-corrected chi connectivity index (χ3v) is 3.57. The number of benzene rings is 1. The SMILES string of the molecule is CCOC(=O)C1(C#N)Cc2cc(OC)c(OC)cc2C1. The summed E-state index contributed by atoms with van der Waals surface area (Å²) in [5.74, 6) is 0.740. The molecular formula is C15H17NO4. The Hall–Kier alpha value is -2.22. The molecule has 2 rings (SSSR count). The zero-order valence-electron chi connectivity index (χ0n) is 11.9. The van der Waals surface area contributed by atoms with Crippen LogP contribution in [-0.2, 0) is 22.4 Å². The molecule has 0 saturated carbocycles. The molecule has 0 atom stereocenters. The molecule has 0 radical (unpaired) electrons. The van der Waals surface area contributed by atoms with E-state index >= 15 is 0 Å². The molecule has 0 unspecified atom stereocenters. The molecule has 1 aliphatic carbocycles. The largest absolute Gasteiger partial charge is 0.493 e. The van der Waals surface area contributed by atoms with Gasteiger partial charge in [-0.15, -0.1) is 0 Å². The average Bonchev–Trinajstić information content (AvgIpc) is 2.84. The first-order chi connectivity index (χ1) is 9.60. The van der Waals surface area contributed by atoms with E-state index in [1.54, 1.807) is 21.1 Å². The van der Waals surface area contributed by atoms with Crippen molar-refractivity contribution in [1.29, 1.82) is 5.26 Å². The van der Waals surface area contributed by atoms with E-state index in [9.17, 15) is 10.1 Å². The van der Waals surface area contributed by atoms with Crippen molar-refractivity contribution in [3.05, 3.63) is 23.3 Å². The van der Waals surface area contributed by atoms with E-state index < -0.39 is 11.4 Å². The van der Waals surface area contributed by atoms with Gasteiger partial charge in [0, 0.05) is 12.8 Å². The van der Waals surface area contributed by atoms with Gasteiger partial charge in [0.2, 0.25) is 0 Å². The Labute approximate surface area is 118 Å². The van der Waals surface area contributed by atoms with Crippen LogP contribution >= 0.6 is 0 Å².